The summed E-state index contributed by atoms with van der Waals surface area (Å²) in [5.74, 6) is -2.08. The van der Waals surface area contributed by atoms with E-state index in [0.29, 0.717) is 0 Å². The maximum atomic E-state index is 13.6. The fourth-order valence-corrected chi connectivity index (χ4v) is 4.84. The van der Waals surface area contributed by atoms with Gasteiger partial charge in [-0.15, -0.1) is 0 Å². The van der Waals surface area contributed by atoms with E-state index in [1.54, 1.807) is 0 Å². The molecule has 0 spiro atoms. The number of pyridine rings is 1. The summed E-state index contributed by atoms with van der Waals surface area (Å²) in [7, 11) is 1.30. The normalized spacial score (nSPS) is 19.2. The maximum Gasteiger partial charge on any atom is 0.433 e. The van der Waals surface area contributed by atoms with Gasteiger partial charge in [-0.05, 0) is 43.7 Å². The number of rotatable bonds is 8. The zero-order chi connectivity index (χ0) is 28.8. The maximum absolute atomic E-state index is 13.6. The van der Waals surface area contributed by atoms with E-state index in [4.69, 9.17) is 14.9 Å². The number of hydrogen-bond donors (Lipinski definition) is 3. The van der Waals surface area contributed by atoms with Gasteiger partial charge in [0, 0.05) is 42.3 Å². The fraction of sp³-hybridized carbons (Fsp3) is 0.423. The first kappa shape index (κ1) is 27.4. The quantitative estimate of drug-likeness (QED) is 0.375. The second kappa shape index (κ2) is 10.4. The van der Waals surface area contributed by atoms with Gasteiger partial charge in [-0.3, -0.25) is 9.59 Å². The Morgan fingerprint density at radius 2 is 1.95 bits per heavy atom. The summed E-state index contributed by atoms with van der Waals surface area (Å²) < 4.78 is 51.1. The average Bonchev–Trinajstić information content (AvgIpc) is 3.56. The minimum atomic E-state index is -4.68. The standard InChI is InChI=1S/C26H26F3N5O6/c1-39-17-6-4-15(14-5-7-19(26(27,28)29)32-20(14)17)23-33-21(18(40-23)8-9-30)24(36)34-11-13(10-16(34)25(37)38)31-22(35)12-2-3-12/h4-7,12-13,16H,2-3,8-11,30H2,1H3,(H,31,35)(H,37,38)/t13-,16+/m1/s1. The predicted octanol–water partition coefficient (Wildman–Crippen LogP) is 2.61. The van der Waals surface area contributed by atoms with Gasteiger partial charge in [0.1, 0.15) is 28.8 Å². The van der Waals surface area contributed by atoms with Crippen LogP contribution in [-0.2, 0) is 22.2 Å². The number of nitrogens with two attached hydrogens (primary N) is 1. The van der Waals surface area contributed by atoms with E-state index in [1.165, 1.54) is 25.3 Å². The third-order valence-corrected chi connectivity index (χ3v) is 6.97. The van der Waals surface area contributed by atoms with Crippen molar-refractivity contribution in [1.29, 1.82) is 0 Å². The van der Waals surface area contributed by atoms with Crippen molar-refractivity contribution in [2.24, 2.45) is 11.7 Å². The fourth-order valence-electron chi connectivity index (χ4n) is 4.84. The molecular weight excluding hydrogens is 535 g/mol. The predicted molar refractivity (Wildman–Crippen MR) is 133 cm³/mol. The van der Waals surface area contributed by atoms with Crippen LogP contribution in [-0.4, -0.2) is 70.0 Å². The highest BCUT2D eigenvalue weighted by Crippen LogP contribution is 2.37. The van der Waals surface area contributed by atoms with Crippen LogP contribution in [0.25, 0.3) is 22.4 Å². The first-order valence-corrected chi connectivity index (χ1v) is 12.6. The van der Waals surface area contributed by atoms with Crippen molar-refractivity contribution >= 4 is 28.7 Å². The van der Waals surface area contributed by atoms with Crippen LogP contribution >= 0.6 is 0 Å². The lowest BCUT2D eigenvalue weighted by Gasteiger charge is -2.20. The van der Waals surface area contributed by atoms with Gasteiger partial charge in [-0.25, -0.2) is 14.8 Å². The Labute approximate surface area is 225 Å². The number of carbonyl (C=O) groups is 3. The molecule has 1 aliphatic heterocycles. The van der Waals surface area contributed by atoms with Gasteiger partial charge in [0.15, 0.2) is 5.69 Å². The molecule has 2 fully saturated rings. The molecule has 3 heterocycles. The zero-order valence-electron chi connectivity index (χ0n) is 21.3. The number of carboxylic acid groups (broad SMARTS) is 1. The van der Waals surface area contributed by atoms with E-state index >= 15 is 0 Å². The number of halogens is 3. The number of oxazole rings is 1. The van der Waals surface area contributed by atoms with Gasteiger partial charge in [0.2, 0.25) is 11.8 Å². The summed E-state index contributed by atoms with van der Waals surface area (Å²) in [4.78, 5) is 47.1. The van der Waals surface area contributed by atoms with E-state index in [0.717, 1.165) is 23.8 Å². The smallest absolute Gasteiger partial charge is 0.433 e. The van der Waals surface area contributed by atoms with Crippen molar-refractivity contribution in [2.45, 2.75) is 43.9 Å². The molecule has 3 aromatic rings. The van der Waals surface area contributed by atoms with Crippen LogP contribution in [0.5, 0.6) is 5.75 Å². The topological polar surface area (TPSA) is 161 Å². The highest BCUT2D eigenvalue weighted by atomic mass is 19.4. The second-order valence-electron chi connectivity index (χ2n) is 9.76. The molecule has 40 heavy (non-hydrogen) atoms. The molecule has 2 atom stereocenters. The van der Waals surface area contributed by atoms with Gasteiger partial charge < -0.3 is 30.2 Å². The van der Waals surface area contributed by atoms with E-state index in [9.17, 15) is 32.7 Å². The molecule has 2 amide bonds. The van der Waals surface area contributed by atoms with Gasteiger partial charge in [0.05, 0.1) is 7.11 Å². The molecule has 11 nitrogen and oxygen atoms in total. The summed E-state index contributed by atoms with van der Waals surface area (Å²) in [6.07, 6.45) is -3.00. The summed E-state index contributed by atoms with van der Waals surface area (Å²) in [5, 5.41) is 12.8. The molecular formula is C26H26F3N5O6. The lowest BCUT2D eigenvalue weighted by molar-refractivity contribution is -0.142. The third-order valence-electron chi connectivity index (χ3n) is 6.97. The summed E-state index contributed by atoms with van der Waals surface area (Å²) in [6.45, 7) is 0.0470. The number of carbonyl (C=O) groups excluding carboxylic acids is 2. The summed E-state index contributed by atoms with van der Waals surface area (Å²) in [5.41, 5.74) is 4.61. The molecule has 4 N–H and O–H groups in total. The van der Waals surface area contributed by atoms with Crippen molar-refractivity contribution in [2.75, 3.05) is 20.2 Å². The number of likely N-dealkylation sites (tertiary alicyclic amines) is 1. The number of methoxy groups -OCH3 is 1. The number of ether oxygens (including phenoxy) is 1. The molecule has 0 radical (unpaired) electrons. The first-order chi connectivity index (χ1) is 19.0. The highest BCUT2D eigenvalue weighted by Gasteiger charge is 2.43. The van der Waals surface area contributed by atoms with Crippen LogP contribution in [0, 0.1) is 5.92 Å². The van der Waals surface area contributed by atoms with E-state index in [1.807, 2.05) is 0 Å². The van der Waals surface area contributed by atoms with Crippen molar-refractivity contribution in [1.82, 2.24) is 20.2 Å². The summed E-state index contributed by atoms with van der Waals surface area (Å²) >= 11 is 0. The molecule has 2 aliphatic rings. The lowest BCUT2D eigenvalue weighted by Crippen LogP contribution is -2.42. The van der Waals surface area contributed by atoms with E-state index in [2.05, 4.69) is 15.3 Å². The number of benzene rings is 1. The van der Waals surface area contributed by atoms with Crippen LogP contribution in [0.1, 0.15) is 41.2 Å². The van der Waals surface area contributed by atoms with Crippen LogP contribution in [0.3, 0.4) is 0 Å². The number of alkyl halides is 3. The minimum absolute atomic E-state index is 0.0336. The van der Waals surface area contributed by atoms with Crippen molar-refractivity contribution in [3.8, 4) is 17.2 Å². The summed E-state index contributed by atoms with van der Waals surface area (Å²) in [6, 6.07) is 3.22. The van der Waals surface area contributed by atoms with E-state index < -0.39 is 35.8 Å². The number of carboxylic acids is 1. The zero-order valence-corrected chi connectivity index (χ0v) is 21.3. The third kappa shape index (κ3) is 5.18. The number of fused-ring (bicyclic) bond motifs is 1. The van der Waals surface area contributed by atoms with E-state index in [-0.39, 0.29) is 77.3 Å². The largest absolute Gasteiger partial charge is 0.494 e. The van der Waals surface area contributed by atoms with Crippen molar-refractivity contribution < 1.29 is 41.8 Å². The SMILES string of the molecule is COc1ccc(-c2nc(C(=O)N3C[C@H](NC(=O)C4CC4)C[C@H]3C(=O)O)c(CCN)o2)c2ccc(C(F)(F)F)nc12. The molecule has 2 aromatic heterocycles. The first-order valence-electron chi connectivity index (χ1n) is 12.6. The Morgan fingerprint density at radius 3 is 2.58 bits per heavy atom. The Bertz CT molecular complexity index is 1490. The van der Waals surface area contributed by atoms with Crippen LogP contribution < -0.4 is 15.8 Å². The Morgan fingerprint density at radius 1 is 1.20 bits per heavy atom. The van der Waals surface area contributed by atoms with Gasteiger partial charge in [-0.2, -0.15) is 13.2 Å². The van der Waals surface area contributed by atoms with Gasteiger partial charge >= 0.3 is 12.1 Å². The number of nitrogens with zero attached hydrogens (tertiary/aromatic N) is 3. The molecule has 1 saturated carbocycles. The Kier molecular flexibility index (Phi) is 7.12. The van der Waals surface area contributed by atoms with Crippen molar-refractivity contribution in [3.05, 3.63) is 41.4 Å². The number of amides is 2. The lowest BCUT2D eigenvalue weighted by atomic mass is 10.1. The van der Waals surface area contributed by atoms with Crippen LogP contribution in [0.4, 0.5) is 13.2 Å². The number of aromatic nitrogens is 2. The second-order valence-corrected chi connectivity index (χ2v) is 9.76. The highest BCUT2D eigenvalue weighted by molar-refractivity contribution is 5.99. The number of nitrogens with one attached hydrogen (secondary N) is 1. The van der Waals surface area contributed by atoms with Gasteiger partial charge in [-0.1, -0.05) is 0 Å². The van der Waals surface area contributed by atoms with Crippen molar-refractivity contribution in [3.63, 3.8) is 0 Å². The molecule has 14 heteroatoms. The van der Waals surface area contributed by atoms with Crippen LogP contribution in [0.15, 0.2) is 28.7 Å². The molecule has 0 unspecified atom stereocenters. The molecule has 1 aliphatic carbocycles. The molecule has 5 rings (SSSR count). The average molecular weight is 562 g/mol. The Balaban J connectivity index is 1.52. The monoisotopic (exact) mass is 561 g/mol. The molecule has 0 bridgehead atoms. The molecule has 212 valence electrons. The number of aliphatic carboxylic acids is 1. The minimum Gasteiger partial charge on any atom is -0.494 e. The molecule has 1 saturated heterocycles. The number of hydrogen-bond acceptors (Lipinski definition) is 8. The molecule has 1 aromatic carbocycles. The Hall–Kier alpha value is -4.20. The van der Waals surface area contributed by atoms with Crippen LogP contribution in [0.2, 0.25) is 0 Å². The van der Waals surface area contributed by atoms with Gasteiger partial charge in [0.25, 0.3) is 5.91 Å².